The number of rotatable bonds is 2. The summed E-state index contributed by atoms with van der Waals surface area (Å²) in [7, 11) is 1.57. The van der Waals surface area contributed by atoms with Gasteiger partial charge >= 0.3 is 0 Å². The third-order valence-electron chi connectivity index (χ3n) is 2.81. The minimum Gasteiger partial charge on any atom is -0.481 e. The SMILES string of the molecule is COc1cc(-c2nc3ccccc3nc2N)ccn1. The summed E-state index contributed by atoms with van der Waals surface area (Å²) in [4.78, 5) is 13.0. The van der Waals surface area contributed by atoms with Crippen molar-refractivity contribution in [3.63, 3.8) is 0 Å². The van der Waals surface area contributed by atoms with Crippen molar-refractivity contribution in [2.24, 2.45) is 0 Å². The first-order valence-electron chi connectivity index (χ1n) is 5.80. The summed E-state index contributed by atoms with van der Waals surface area (Å²) in [5, 5.41) is 0. The van der Waals surface area contributed by atoms with Crippen LogP contribution in [0.1, 0.15) is 0 Å². The first-order valence-corrected chi connectivity index (χ1v) is 5.80. The maximum atomic E-state index is 5.98. The van der Waals surface area contributed by atoms with E-state index in [1.165, 1.54) is 0 Å². The fraction of sp³-hybridized carbons (Fsp3) is 0.0714. The third kappa shape index (κ3) is 2.06. The number of methoxy groups -OCH3 is 1. The molecule has 0 saturated carbocycles. The molecule has 3 rings (SSSR count). The molecule has 0 aliphatic carbocycles. The van der Waals surface area contributed by atoms with E-state index in [9.17, 15) is 0 Å². The van der Waals surface area contributed by atoms with E-state index < -0.39 is 0 Å². The molecule has 2 aromatic heterocycles. The van der Waals surface area contributed by atoms with Crippen molar-refractivity contribution in [3.8, 4) is 17.1 Å². The normalized spacial score (nSPS) is 10.6. The van der Waals surface area contributed by atoms with Gasteiger partial charge < -0.3 is 10.5 Å². The van der Waals surface area contributed by atoms with Crippen LogP contribution in [0.3, 0.4) is 0 Å². The van der Waals surface area contributed by atoms with Gasteiger partial charge in [0.05, 0.1) is 18.1 Å². The lowest BCUT2D eigenvalue weighted by Gasteiger charge is -2.07. The number of ether oxygens (including phenoxy) is 1. The van der Waals surface area contributed by atoms with Gasteiger partial charge in [-0.15, -0.1) is 0 Å². The third-order valence-corrected chi connectivity index (χ3v) is 2.81. The zero-order valence-corrected chi connectivity index (χ0v) is 10.4. The molecular formula is C14H12N4O. The fourth-order valence-electron chi connectivity index (χ4n) is 1.89. The Morgan fingerprint density at radius 2 is 1.79 bits per heavy atom. The van der Waals surface area contributed by atoms with E-state index in [4.69, 9.17) is 10.5 Å². The number of para-hydroxylation sites is 2. The molecule has 0 spiro atoms. The first kappa shape index (κ1) is 11.4. The lowest BCUT2D eigenvalue weighted by molar-refractivity contribution is 0.398. The highest BCUT2D eigenvalue weighted by Crippen LogP contribution is 2.26. The molecule has 19 heavy (non-hydrogen) atoms. The van der Waals surface area contributed by atoms with E-state index in [1.807, 2.05) is 30.3 Å². The Kier molecular flexibility index (Phi) is 2.72. The Morgan fingerprint density at radius 1 is 1.05 bits per heavy atom. The van der Waals surface area contributed by atoms with Gasteiger partial charge in [0, 0.05) is 17.8 Å². The zero-order valence-electron chi connectivity index (χ0n) is 10.4. The van der Waals surface area contributed by atoms with Crippen LogP contribution < -0.4 is 10.5 Å². The standard InChI is InChI=1S/C14H12N4O/c1-19-12-8-9(6-7-16-12)13-14(15)18-11-5-3-2-4-10(11)17-13/h2-8H,1H3,(H2,15,18). The maximum absolute atomic E-state index is 5.98. The van der Waals surface area contributed by atoms with Crippen LogP contribution in [0.25, 0.3) is 22.3 Å². The Bertz CT molecular complexity index is 742. The van der Waals surface area contributed by atoms with Gasteiger partial charge in [-0.05, 0) is 18.2 Å². The Morgan fingerprint density at radius 3 is 2.53 bits per heavy atom. The summed E-state index contributed by atoms with van der Waals surface area (Å²) < 4.78 is 5.10. The minimum atomic E-state index is 0.395. The molecule has 5 heteroatoms. The number of hydrogen-bond acceptors (Lipinski definition) is 5. The van der Waals surface area contributed by atoms with Gasteiger partial charge in [-0.2, -0.15) is 0 Å². The second-order valence-corrected chi connectivity index (χ2v) is 4.03. The molecule has 0 unspecified atom stereocenters. The number of hydrogen-bond donors (Lipinski definition) is 1. The average Bonchev–Trinajstić information content (AvgIpc) is 2.46. The summed E-state index contributed by atoms with van der Waals surface area (Å²) in [6.45, 7) is 0. The molecule has 1 aromatic carbocycles. The number of nitrogens with zero attached hydrogens (tertiary/aromatic N) is 3. The van der Waals surface area contributed by atoms with Crippen molar-refractivity contribution in [2.45, 2.75) is 0 Å². The topological polar surface area (TPSA) is 73.9 Å². The van der Waals surface area contributed by atoms with Crippen LogP contribution in [0, 0.1) is 0 Å². The molecule has 94 valence electrons. The number of aromatic nitrogens is 3. The molecule has 0 amide bonds. The quantitative estimate of drug-likeness (QED) is 0.757. The number of pyridine rings is 1. The maximum Gasteiger partial charge on any atom is 0.213 e. The van der Waals surface area contributed by atoms with Gasteiger partial charge in [-0.1, -0.05) is 12.1 Å². The second kappa shape index (κ2) is 4.53. The van der Waals surface area contributed by atoms with E-state index in [0.29, 0.717) is 17.4 Å². The smallest absolute Gasteiger partial charge is 0.213 e. The van der Waals surface area contributed by atoms with Crippen molar-refractivity contribution >= 4 is 16.9 Å². The van der Waals surface area contributed by atoms with Gasteiger partial charge in [0.2, 0.25) is 5.88 Å². The van der Waals surface area contributed by atoms with Gasteiger partial charge in [0.15, 0.2) is 5.82 Å². The van der Waals surface area contributed by atoms with Crippen LogP contribution in [-0.2, 0) is 0 Å². The van der Waals surface area contributed by atoms with Gasteiger partial charge in [-0.3, -0.25) is 0 Å². The zero-order chi connectivity index (χ0) is 13.2. The van der Waals surface area contributed by atoms with Crippen LogP contribution >= 0.6 is 0 Å². The lowest BCUT2D eigenvalue weighted by Crippen LogP contribution is -1.99. The van der Waals surface area contributed by atoms with E-state index in [0.717, 1.165) is 16.6 Å². The van der Waals surface area contributed by atoms with E-state index in [-0.39, 0.29) is 0 Å². The second-order valence-electron chi connectivity index (χ2n) is 4.03. The highest BCUT2D eigenvalue weighted by molar-refractivity contribution is 5.82. The van der Waals surface area contributed by atoms with Crippen LogP contribution in [0.4, 0.5) is 5.82 Å². The number of nitrogen functional groups attached to an aromatic ring is 1. The van der Waals surface area contributed by atoms with Crippen molar-refractivity contribution in [3.05, 3.63) is 42.6 Å². The number of fused-ring (bicyclic) bond motifs is 1. The van der Waals surface area contributed by atoms with Crippen LogP contribution in [0.15, 0.2) is 42.6 Å². The summed E-state index contributed by atoms with van der Waals surface area (Å²) >= 11 is 0. The van der Waals surface area contributed by atoms with Crippen LogP contribution in [-0.4, -0.2) is 22.1 Å². The molecule has 0 bridgehead atoms. The van der Waals surface area contributed by atoms with Crippen molar-refractivity contribution in [2.75, 3.05) is 12.8 Å². The Labute approximate surface area is 110 Å². The largest absolute Gasteiger partial charge is 0.481 e. The summed E-state index contributed by atoms with van der Waals surface area (Å²) in [6.07, 6.45) is 1.66. The summed E-state index contributed by atoms with van der Waals surface area (Å²) in [5.74, 6) is 0.916. The van der Waals surface area contributed by atoms with E-state index >= 15 is 0 Å². The van der Waals surface area contributed by atoms with Gasteiger partial charge in [0.1, 0.15) is 5.69 Å². The average molecular weight is 252 g/mol. The molecule has 2 N–H and O–H groups in total. The highest BCUT2D eigenvalue weighted by atomic mass is 16.5. The molecule has 0 fully saturated rings. The highest BCUT2D eigenvalue weighted by Gasteiger charge is 2.09. The summed E-state index contributed by atoms with van der Waals surface area (Å²) in [6, 6.07) is 11.2. The van der Waals surface area contributed by atoms with Crippen molar-refractivity contribution in [1.29, 1.82) is 0 Å². The van der Waals surface area contributed by atoms with E-state index in [1.54, 1.807) is 19.4 Å². The Balaban J connectivity index is 2.20. The number of nitrogens with two attached hydrogens (primary N) is 1. The molecule has 0 atom stereocenters. The predicted octanol–water partition coefficient (Wildman–Crippen LogP) is 2.28. The van der Waals surface area contributed by atoms with Crippen LogP contribution in [0.2, 0.25) is 0 Å². The monoisotopic (exact) mass is 252 g/mol. The van der Waals surface area contributed by atoms with Gasteiger partial charge in [-0.25, -0.2) is 15.0 Å². The van der Waals surface area contributed by atoms with Crippen molar-refractivity contribution in [1.82, 2.24) is 15.0 Å². The molecular weight excluding hydrogens is 240 g/mol. The predicted molar refractivity (Wildman–Crippen MR) is 73.7 cm³/mol. The number of benzene rings is 1. The number of anilines is 1. The minimum absolute atomic E-state index is 0.395. The van der Waals surface area contributed by atoms with E-state index in [2.05, 4.69) is 15.0 Å². The fourth-order valence-corrected chi connectivity index (χ4v) is 1.89. The molecule has 2 heterocycles. The summed E-state index contributed by atoms with van der Waals surface area (Å²) in [5.41, 5.74) is 9.04. The Hall–Kier alpha value is -2.69. The first-order chi connectivity index (χ1) is 9.28. The molecule has 0 radical (unpaired) electrons. The molecule has 0 aliphatic heterocycles. The molecule has 0 saturated heterocycles. The molecule has 5 nitrogen and oxygen atoms in total. The van der Waals surface area contributed by atoms with Crippen molar-refractivity contribution < 1.29 is 4.74 Å². The van der Waals surface area contributed by atoms with Crippen LogP contribution in [0.5, 0.6) is 5.88 Å². The van der Waals surface area contributed by atoms with Gasteiger partial charge in [0.25, 0.3) is 0 Å². The molecule has 0 aliphatic rings. The lowest BCUT2D eigenvalue weighted by atomic mass is 10.2. The molecule has 3 aromatic rings.